The van der Waals surface area contributed by atoms with Crippen molar-refractivity contribution in [1.29, 1.82) is 0 Å². The average Bonchev–Trinajstić information content (AvgIpc) is 2.25. The summed E-state index contributed by atoms with van der Waals surface area (Å²) in [5, 5.41) is 10.3. The van der Waals surface area contributed by atoms with Crippen molar-refractivity contribution in [1.82, 2.24) is 0 Å². The zero-order chi connectivity index (χ0) is 12.1. The van der Waals surface area contributed by atoms with Crippen LogP contribution in [0.3, 0.4) is 0 Å². The fourth-order valence-corrected chi connectivity index (χ4v) is 1.79. The van der Waals surface area contributed by atoms with Crippen molar-refractivity contribution in [3.05, 3.63) is 34.6 Å². The summed E-state index contributed by atoms with van der Waals surface area (Å²) in [4.78, 5) is 0. The van der Waals surface area contributed by atoms with E-state index in [1.54, 1.807) is 7.11 Å². The Labute approximate surface area is 100.0 Å². The molecule has 1 aromatic carbocycles. The van der Waals surface area contributed by atoms with Crippen LogP contribution in [0.1, 0.15) is 25.0 Å². The number of benzene rings is 1. The molecule has 2 atom stereocenters. The number of ether oxygens (including phenoxy) is 1. The zero-order valence-corrected chi connectivity index (χ0v) is 10.2. The maximum Gasteiger partial charge on any atom is 0.124 e. The van der Waals surface area contributed by atoms with Gasteiger partial charge in [0.1, 0.15) is 5.82 Å². The molecule has 0 aromatic heterocycles. The molecule has 1 N–H and O–H groups in total. The molecule has 1 aromatic rings. The van der Waals surface area contributed by atoms with E-state index < -0.39 is 11.9 Å². The van der Waals surface area contributed by atoms with E-state index >= 15 is 0 Å². The minimum Gasteiger partial charge on any atom is -0.388 e. The first-order valence-electron chi connectivity index (χ1n) is 5.18. The van der Waals surface area contributed by atoms with Gasteiger partial charge in [0.25, 0.3) is 0 Å². The van der Waals surface area contributed by atoms with Gasteiger partial charge in [-0.25, -0.2) is 4.39 Å². The van der Waals surface area contributed by atoms with Gasteiger partial charge in [-0.2, -0.15) is 0 Å². The number of aliphatic hydroxyl groups excluding tert-OH is 1. The van der Waals surface area contributed by atoms with Gasteiger partial charge in [-0.1, -0.05) is 24.6 Å². The van der Waals surface area contributed by atoms with E-state index in [2.05, 4.69) is 0 Å². The van der Waals surface area contributed by atoms with Gasteiger partial charge >= 0.3 is 0 Å². The summed E-state index contributed by atoms with van der Waals surface area (Å²) in [7, 11) is 1.62. The van der Waals surface area contributed by atoms with E-state index in [0.29, 0.717) is 12.2 Å². The largest absolute Gasteiger partial charge is 0.388 e. The summed E-state index contributed by atoms with van der Waals surface area (Å²) in [5.74, 6) is -0.381. The first-order chi connectivity index (χ1) is 7.56. The number of hydrogen-bond acceptors (Lipinski definition) is 2. The monoisotopic (exact) mass is 246 g/mol. The van der Waals surface area contributed by atoms with Crippen molar-refractivity contribution >= 4 is 11.6 Å². The molecule has 0 amide bonds. The SMILES string of the molecule is COCCC(C)C(O)c1ccc(F)cc1Cl. The van der Waals surface area contributed by atoms with E-state index in [0.717, 1.165) is 6.42 Å². The molecule has 2 nitrogen and oxygen atoms in total. The smallest absolute Gasteiger partial charge is 0.124 e. The van der Waals surface area contributed by atoms with Crippen molar-refractivity contribution in [2.75, 3.05) is 13.7 Å². The lowest BCUT2D eigenvalue weighted by Gasteiger charge is -2.19. The lowest BCUT2D eigenvalue weighted by molar-refractivity contribution is 0.0886. The third-order valence-corrected chi connectivity index (χ3v) is 2.92. The Hall–Kier alpha value is -0.640. The van der Waals surface area contributed by atoms with Crippen molar-refractivity contribution in [3.8, 4) is 0 Å². The normalized spacial score (nSPS) is 14.8. The van der Waals surface area contributed by atoms with Gasteiger partial charge in [0, 0.05) is 18.7 Å². The third-order valence-electron chi connectivity index (χ3n) is 2.60. The molecule has 16 heavy (non-hydrogen) atoms. The zero-order valence-electron chi connectivity index (χ0n) is 9.41. The Morgan fingerprint density at radius 2 is 2.19 bits per heavy atom. The molecule has 1 rings (SSSR count). The summed E-state index contributed by atoms with van der Waals surface area (Å²) < 4.78 is 17.8. The van der Waals surface area contributed by atoms with E-state index in [9.17, 15) is 9.50 Å². The first-order valence-corrected chi connectivity index (χ1v) is 5.56. The number of hydrogen-bond donors (Lipinski definition) is 1. The summed E-state index contributed by atoms with van der Waals surface area (Å²) in [6.07, 6.45) is 0.0361. The number of aliphatic hydroxyl groups is 1. The predicted octanol–water partition coefficient (Wildman–Crippen LogP) is 3.19. The first kappa shape index (κ1) is 13.4. The lowest BCUT2D eigenvalue weighted by atomic mass is 9.95. The molecule has 0 aliphatic heterocycles. The van der Waals surface area contributed by atoms with Crippen LogP contribution in [0.25, 0.3) is 0 Å². The summed E-state index contributed by atoms with van der Waals surface area (Å²) in [5.41, 5.74) is 0.562. The Bertz CT molecular complexity index is 344. The molecular weight excluding hydrogens is 231 g/mol. The van der Waals surface area contributed by atoms with Gasteiger partial charge in [-0.05, 0) is 30.0 Å². The molecule has 0 spiro atoms. The summed E-state index contributed by atoms with van der Waals surface area (Å²) in [6, 6.07) is 4.03. The van der Waals surface area contributed by atoms with Crippen LogP contribution in [-0.4, -0.2) is 18.8 Å². The number of rotatable bonds is 5. The third kappa shape index (κ3) is 3.44. The Balaban J connectivity index is 2.75. The number of halogens is 2. The van der Waals surface area contributed by atoms with Crippen LogP contribution in [0.4, 0.5) is 4.39 Å². The fourth-order valence-electron chi connectivity index (χ4n) is 1.51. The molecule has 0 aliphatic rings. The summed E-state index contributed by atoms with van der Waals surface area (Å²) in [6.45, 7) is 2.49. The number of methoxy groups -OCH3 is 1. The molecular formula is C12H16ClFO2. The van der Waals surface area contributed by atoms with E-state index in [1.807, 2.05) is 6.92 Å². The second-order valence-electron chi connectivity index (χ2n) is 3.87. The van der Waals surface area contributed by atoms with Gasteiger partial charge < -0.3 is 9.84 Å². The Kier molecular flexibility index (Phi) is 5.19. The highest BCUT2D eigenvalue weighted by Gasteiger charge is 2.18. The molecule has 90 valence electrons. The van der Waals surface area contributed by atoms with Gasteiger partial charge in [0.2, 0.25) is 0 Å². The molecule has 2 unspecified atom stereocenters. The van der Waals surface area contributed by atoms with Crippen LogP contribution in [-0.2, 0) is 4.74 Å². The highest BCUT2D eigenvalue weighted by Crippen LogP contribution is 2.30. The Morgan fingerprint density at radius 3 is 2.75 bits per heavy atom. The maximum atomic E-state index is 12.8. The van der Waals surface area contributed by atoms with E-state index in [-0.39, 0.29) is 10.9 Å². The van der Waals surface area contributed by atoms with Crippen LogP contribution in [0.5, 0.6) is 0 Å². The second-order valence-corrected chi connectivity index (χ2v) is 4.28. The van der Waals surface area contributed by atoms with Crippen LogP contribution in [0.15, 0.2) is 18.2 Å². The average molecular weight is 247 g/mol. The molecule has 0 saturated carbocycles. The van der Waals surface area contributed by atoms with Crippen LogP contribution in [0, 0.1) is 11.7 Å². The van der Waals surface area contributed by atoms with Gasteiger partial charge in [0.05, 0.1) is 6.10 Å². The predicted molar refractivity (Wildman–Crippen MR) is 62.0 cm³/mol. The maximum absolute atomic E-state index is 12.8. The highest BCUT2D eigenvalue weighted by atomic mass is 35.5. The van der Waals surface area contributed by atoms with Crippen LogP contribution >= 0.6 is 11.6 Å². The lowest BCUT2D eigenvalue weighted by Crippen LogP contribution is -2.12. The second kappa shape index (κ2) is 6.18. The van der Waals surface area contributed by atoms with Crippen molar-refractivity contribution < 1.29 is 14.2 Å². The van der Waals surface area contributed by atoms with E-state index in [1.165, 1.54) is 18.2 Å². The van der Waals surface area contributed by atoms with Crippen molar-refractivity contribution in [2.24, 2.45) is 5.92 Å². The van der Waals surface area contributed by atoms with Crippen LogP contribution in [0.2, 0.25) is 5.02 Å². The highest BCUT2D eigenvalue weighted by molar-refractivity contribution is 6.31. The van der Waals surface area contributed by atoms with Gasteiger partial charge in [-0.15, -0.1) is 0 Å². The topological polar surface area (TPSA) is 29.5 Å². The fraction of sp³-hybridized carbons (Fsp3) is 0.500. The molecule has 4 heteroatoms. The van der Waals surface area contributed by atoms with E-state index in [4.69, 9.17) is 16.3 Å². The summed E-state index contributed by atoms with van der Waals surface area (Å²) >= 11 is 5.87. The molecule has 0 fully saturated rings. The van der Waals surface area contributed by atoms with Crippen molar-refractivity contribution in [3.63, 3.8) is 0 Å². The van der Waals surface area contributed by atoms with Gasteiger partial charge in [-0.3, -0.25) is 0 Å². The molecule has 0 radical (unpaired) electrons. The Morgan fingerprint density at radius 1 is 1.50 bits per heavy atom. The standard InChI is InChI=1S/C12H16ClFO2/c1-8(5-6-16-2)12(15)10-4-3-9(14)7-11(10)13/h3-4,7-8,12,15H,5-6H2,1-2H3. The van der Waals surface area contributed by atoms with Crippen molar-refractivity contribution in [2.45, 2.75) is 19.4 Å². The quantitative estimate of drug-likeness (QED) is 0.865. The molecule has 0 bridgehead atoms. The molecule has 0 heterocycles. The van der Waals surface area contributed by atoms with Crippen LogP contribution < -0.4 is 0 Å². The minimum atomic E-state index is -0.691. The van der Waals surface area contributed by atoms with Gasteiger partial charge in [0.15, 0.2) is 0 Å². The molecule has 0 saturated heterocycles. The molecule has 0 aliphatic carbocycles. The minimum absolute atomic E-state index is 0.0166.